The van der Waals surface area contributed by atoms with Crippen molar-refractivity contribution in [1.82, 2.24) is 20.1 Å². The van der Waals surface area contributed by atoms with Crippen molar-refractivity contribution in [3.8, 4) is 0 Å². The van der Waals surface area contributed by atoms with Crippen LogP contribution < -0.4 is 10.6 Å². The number of piperidine rings is 1. The number of nitrogen functional groups attached to an aromatic ring is 1. The highest BCUT2D eigenvalue weighted by Crippen LogP contribution is 2.27. The Kier molecular flexibility index (Phi) is 7.05. The zero-order valence-corrected chi connectivity index (χ0v) is 18.7. The van der Waals surface area contributed by atoms with E-state index in [9.17, 15) is 4.55 Å². The monoisotopic (exact) mass is 452 g/mol. The highest BCUT2D eigenvalue weighted by molar-refractivity contribution is 7.90. The molecule has 3 atom stereocenters. The quantitative estimate of drug-likeness (QED) is 0.642. The largest absolute Gasteiger partial charge is 0.616 e. The van der Waals surface area contributed by atoms with Gasteiger partial charge >= 0.3 is 0 Å². The Balaban J connectivity index is 1.43. The lowest BCUT2D eigenvalue weighted by molar-refractivity contribution is -0.0731. The summed E-state index contributed by atoms with van der Waals surface area (Å²) in [5, 5.41) is 8.74. The molecule has 0 aliphatic carbocycles. The van der Waals surface area contributed by atoms with Gasteiger partial charge < -0.3 is 19.9 Å². The number of H-pyrrole nitrogens is 1. The number of benzene rings is 1. The lowest BCUT2D eigenvalue weighted by Crippen LogP contribution is -2.58. The van der Waals surface area contributed by atoms with Gasteiger partial charge in [0, 0.05) is 36.7 Å². The van der Waals surface area contributed by atoms with Crippen LogP contribution in [0.25, 0.3) is 0 Å². The SMILES string of the molecule is C[S+]([O-])CC1CN(C2CCN(c3nnc(N)[nH]3)CC2)C(Cc2ccc(Cl)cc2)CO1. The number of hydrogen-bond donors (Lipinski definition) is 2. The Labute approximate surface area is 185 Å². The molecule has 2 saturated heterocycles. The van der Waals surface area contributed by atoms with Gasteiger partial charge in [0.1, 0.15) is 11.9 Å². The van der Waals surface area contributed by atoms with E-state index >= 15 is 0 Å². The van der Waals surface area contributed by atoms with Crippen LogP contribution in [0.15, 0.2) is 24.3 Å². The van der Waals surface area contributed by atoms with Crippen LogP contribution in [0.3, 0.4) is 0 Å². The lowest BCUT2D eigenvalue weighted by atomic mass is 9.96. The number of morpholine rings is 1. The topological polar surface area (TPSA) is 106 Å². The van der Waals surface area contributed by atoms with Gasteiger partial charge in [0.25, 0.3) is 0 Å². The molecule has 0 spiro atoms. The molecule has 10 heteroatoms. The average Bonchev–Trinajstić information content (AvgIpc) is 3.17. The smallest absolute Gasteiger partial charge is 0.226 e. The van der Waals surface area contributed by atoms with Crippen LogP contribution in [0.2, 0.25) is 5.02 Å². The fourth-order valence-electron chi connectivity index (χ4n) is 4.48. The number of aromatic amines is 1. The third-order valence-electron chi connectivity index (χ3n) is 5.94. The van der Waals surface area contributed by atoms with E-state index in [1.54, 1.807) is 6.26 Å². The molecule has 3 N–H and O–H groups in total. The molecule has 2 aliphatic rings. The van der Waals surface area contributed by atoms with Crippen molar-refractivity contribution < 1.29 is 9.29 Å². The van der Waals surface area contributed by atoms with Crippen LogP contribution in [-0.4, -0.2) is 81.1 Å². The number of nitrogens with two attached hydrogens (primary N) is 1. The van der Waals surface area contributed by atoms with Crippen LogP contribution in [0.4, 0.5) is 11.9 Å². The van der Waals surface area contributed by atoms with Gasteiger partial charge in [-0.25, -0.2) is 0 Å². The molecule has 1 aromatic heterocycles. The number of hydrogen-bond acceptors (Lipinski definition) is 7. The van der Waals surface area contributed by atoms with Crippen molar-refractivity contribution in [3.05, 3.63) is 34.9 Å². The number of aromatic nitrogens is 3. The van der Waals surface area contributed by atoms with Crippen LogP contribution in [0.5, 0.6) is 0 Å². The molecule has 0 radical (unpaired) electrons. The maximum Gasteiger partial charge on any atom is 0.226 e. The molecule has 8 nitrogen and oxygen atoms in total. The second-order valence-corrected chi connectivity index (χ2v) is 10.0. The minimum atomic E-state index is -0.869. The van der Waals surface area contributed by atoms with Gasteiger partial charge in [-0.05, 0) is 37.0 Å². The van der Waals surface area contributed by atoms with Gasteiger partial charge in [0.15, 0.2) is 0 Å². The molecule has 2 fully saturated rings. The first-order valence-electron chi connectivity index (χ1n) is 10.3. The average molecular weight is 453 g/mol. The molecule has 2 aliphatic heterocycles. The Morgan fingerprint density at radius 2 is 2.00 bits per heavy atom. The fraction of sp³-hybridized carbons (Fsp3) is 0.600. The van der Waals surface area contributed by atoms with Crippen molar-refractivity contribution in [1.29, 1.82) is 0 Å². The zero-order valence-electron chi connectivity index (χ0n) is 17.2. The second kappa shape index (κ2) is 9.74. The molecule has 3 heterocycles. The molecule has 1 aromatic carbocycles. The maximum atomic E-state index is 11.8. The molecule has 3 unspecified atom stereocenters. The minimum absolute atomic E-state index is 0.0180. The summed E-state index contributed by atoms with van der Waals surface area (Å²) in [6.07, 6.45) is 4.73. The Morgan fingerprint density at radius 3 is 2.63 bits per heavy atom. The predicted octanol–water partition coefficient (Wildman–Crippen LogP) is 1.70. The van der Waals surface area contributed by atoms with Gasteiger partial charge in [-0.3, -0.25) is 9.88 Å². The van der Waals surface area contributed by atoms with E-state index in [4.69, 9.17) is 22.1 Å². The van der Waals surface area contributed by atoms with Gasteiger partial charge in [-0.2, -0.15) is 0 Å². The number of halogens is 1. The summed E-state index contributed by atoms with van der Waals surface area (Å²) < 4.78 is 17.9. The minimum Gasteiger partial charge on any atom is -0.616 e. The van der Waals surface area contributed by atoms with E-state index in [-0.39, 0.29) is 6.10 Å². The summed E-state index contributed by atoms with van der Waals surface area (Å²) >= 11 is 5.18. The summed E-state index contributed by atoms with van der Waals surface area (Å²) in [7, 11) is 0. The van der Waals surface area contributed by atoms with Gasteiger partial charge in [0.2, 0.25) is 11.9 Å². The number of nitrogens with zero attached hydrogens (tertiary/aromatic N) is 4. The molecular weight excluding hydrogens is 424 g/mol. The third kappa shape index (κ3) is 5.39. The normalized spacial score (nSPS) is 24.8. The van der Waals surface area contributed by atoms with Crippen molar-refractivity contribution in [2.45, 2.75) is 37.5 Å². The molecule has 164 valence electrons. The van der Waals surface area contributed by atoms with Crippen LogP contribution in [0, 0.1) is 0 Å². The molecule has 2 aromatic rings. The van der Waals surface area contributed by atoms with E-state index in [2.05, 4.69) is 37.1 Å². The summed E-state index contributed by atoms with van der Waals surface area (Å²) in [6.45, 7) is 3.27. The van der Waals surface area contributed by atoms with Gasteiger partial charge in [0.05, 0.1) is 12.9 Å². The van der Waals surface area contributed by atoms with E-state index in [0.717, 1.165) is 49.9 Å². The summed E-state index contributed by atoms with van der Waals surface area (Å²) in [6, 6.07) is 8.81. The van der Waals surface area contributed by atoms with Crippen molar-refractivity contribution >= 4 is 34.7 Å². The van der Waals surface area contributed by atoms with E-state index in [1.165, 1.54) is 5.56 Å². The highest BCUT2D eigenvalue weighted by atomic mass is 35.5. The Hall–Kier alpha value is -1.52. The Bertz CT molecular complexity index is 812. The van der Waals surface area contributed by atoms with Crippen molar-refractivity contribution in [3.63, 3.8) is 0 Å². The molecule has 0 amide bonds. The van der Waals surface area contributed by atoms with E-state index in [0.29, 0.717) is 30.4 Å². The summed E-state index contributed by atoms with van der Waals surface area (Å²) in [4.78, 5) is 7.80. The fourth-order valence-corrected chi connectivity index (χ4v) is 5.33. The molecule has 4 rings (SSSR count). The standard InChI is InChI=1S/C20H29ClN6O2S/c1-30(28)13-18-11-27(17(12-29-18)10-14-2-4-15(21)5-3-14)16-6-8-26(9-7-16)20-23-19(22)24-25-20/h2-5,16-18H,6-13H2,1H3,(H3,22,23,24,25). The van der Waals surface area contributed by atoms with Crippen LogP contribution in [-0.2, 0) is 22.3 Å². The summed E-state index contributed by atoms with van der Waals surface area (Å²) in [5.74, 6) is 1.67. The van der Waals surface area contributed by atoms with Crippen molar-refractivity contribution in [2.24, 2.45) is 0 Å². The molecular formula is C20H29ClN6O2S. The molecule has 0 bridgehead atoms. The zero-order chi connectivity index (χ0) is 21.1. The first-order valence-corrected chi connectivity index (χ1v) is 12.4. The van der Waals surface area contributed by atoms with E-state index in [1.807, 2.05) is 12.1 Å². The van der Waals surface area contributed by atoms with Crippen LogP contribution in [0.1, 0.15) is 18.4 Å². The summed E-state index contributed by atoms with van der Waals surface area (Å²) in [5.41, 5.74) is 6.93. The molecule has 0 saturated carbocycles. The first kappa shape index (κ1) is 21.7. The number of anilines is 2. The van der Waals surface area contributed by atoms with Crippen molar-refractivity contribution in [2.75, 3.05) is 48.9 Å². The lowest BCUT2D eigenvalue weighted by Gasteiger charge is -2.46. The third-order valence-corrected chi connectivity index (χ3v) is 7.03. The number of nitrogens with one attached hydrogen (secondary N) is 1. The van der Waals surface area contributed by atoms with E-state index < -0.39 is 11.2 Å². The molecule has 30 heavy (non-hydrogen) atoms. The second-order valence-electron chi connectivity index (χ2n) is 8.13. The van der Waals surface area contributed by atoms with Gasteiger partial charge in [-0.1, -0.05) is 34.9 Å². The van der Waals surface area contributed by atoms with Gasteiger partial charge in [-0.15, -0.1) is 10.2 Å². The first-order chi connectivity index (χ1) is 14.5. The maximum absolute atomic E-state index is 11.8. The number of ether oxygens (including phenoxy) is 1. The Morgan fingerprint density at radius 1 is 1.27 bits per heavy atom. The predicted molar refractivity (Wildman–Crippen MR) is 120 cm³/mol. The number of rotatable bonds is 6. The highest BCUT2D eigenvalue weighted by Gasteiger charge is 2.36. The van der Waals surface area contributed by atoms with Crippen LogP contribution >= 0.6 is 11.6 Å².